The molecule has 36 heavy (non-hydrogen) atoms. The lowest BCUT2D eigenvalue weighted by molar-refractivity contribution is -0.135. The molecule has 5 amide bonds. The molecule has 3 heterocycles. The van der Waals surface area contributed by atoms with Crippen molar-refractivity contribution in [3.8, 4) is 0 Å². The Morgan fingerprint density at radius 3 is 2.44 bits per heavy atom. The zero-order chi connectivity index (χ0) is 25.4. The molecular formula is C27H26N4O5. The largest absolute Gasteiger partial charge is 0.378 e. The van der Waals surface area contributed by atoms with Crippen LogP contribution in [-0.2, 0) is 25.7 Å². The van der Waals surface area contributed by atoms with E-state index in [0.717, 1.165) is 26.9 Å². The van der Waals surface area contributed by atoms with Crippen LogP contribution in [0, 0.1) is 13.8 Å². The van der Waals surface area contributed by atoms with Crippen LogP contribution in [0.3, 0.4) is 0 Å². The molecule has 1 aromatic heterocycles. The molecule has 2 saturated heterocycles. The topological polar surface area (TPSA) is 101 Å². The summed E-state index contributed by atoms with van der Waals surface area (Å²) >= 11 is 0. The van der Waals surface area contributed by atoms with Gasteiger partial charge in [-0.25, -0.2) is 9.69 Å². The van der Waals surface area contributed by atoms with Crippen molar-refractivity contribution in [3.05, 3.63) is 70.9 Å². The number of morpholine rings is 1. The van der Waals surface area contributed by atoms with Gasteiger partial charge in [0.25, 0.3) is 11.8 Å². The number of carbonyl (C=O) groups excluding carboxylic acids is 4. The van der Waals surface area contributed by atoms with Crippen LogP contribution in [0.25, 0.3) is 17.0 Å². The van der Waals surface area contributed by atoms with Gasteiger partial charge in [-0.1, -0.05) is 24.3 Å². The number of ether oxygens (including phenoxy) is 1. The number of barbiturate groups is 1. The predicted octanol–water partition coefficient (Wildman–Crippen LogP) is 2.78. The first-order valence-corrected chi connectivity index (χ1v) is 11.7. The third-order valence-corrected chi connectivity index (χ3v) is 6.35. The van der Waals surface area contributed by atoms with Gasteiger partial charge in [0.2, 0.25) is 5.91 Å². The molecule has 0 spiro atoms. The number of benzene rings is 2. The van der Waals surface area contributed by atoms with Crippen molar-refractivity contribution in [3.63, 3.8) is 0 Å². The van der Waals surface area contributed by atoms with Crippen molar-refractivity contribution in [2.24, 2.45) is 0 Å². The van der Waals surface area contributed by atoms with Crippen LogP contribution in [0.2, 0.25) is 0 Å². The lowest BCUT2D eigenvalue weighted by Crippen LogP contribution is -2.54. The van der Waals surface area contributed by atoms with Gasteiger partial charge in [-0.05, 0) is 49.2 Å². The van der Waals surface area contributed by atoms with E-state index in [4.69, 9.17) is 4.74 Å². The van der Waals surface area contributed by atoms with Gasteiger partial charge in [0.15, 0.2) is 0 Å². The molecule has 0 atom stereocenters. The van der Waals surface area contributed by atoms with E-state index in [0.29, 0.717) is 37.6 Å². The van der Waals surface area contributed by atoms with Gasteiger partial charge in [-0.2, -0.15) is 0 Å². The third-order valence-electron chi connectivity index (χ3n) is 6.35. The smallest absolute Gasteiger partial charge is 0.335 e. The van der Waals surface area contributed by atoms with E-state index in [-0.39, 0.29) is 18.0 Å². The molecule has 9 nitrogen and oxygen atoms in total. The van der Waals surface area contributed by atoms with Crippen LogP contribution in [0.4, 0.5) is 10.5 Å². The summed E-state index contributed by atoms with van der Waals surface area (Å²) in [4.78, 5) is 54.4. The number of para-hydroxylation sites is 1. The number of aromatic nitrogens is 1. The number of nitrogens with zero attached hydrogens (tertiary/aromatic N) is 3. The Kier molecular flexibility index (Phi) is 6.15. The summed E-state index contributed by atoms with van der Waals surface area (Å²) < 4.78 is 7.15. The normalized spacial score (nSPS) is 17.7. The molecule has 3 aromatic rings. The number of aryl methyl sites for hydroxylation is 2. The fourth-order valence-electron chi connectivity index (χ4n) is 4.71. The summed E-state index contributed by atoms with van der Waals surface area (Å²) in [5, 5.41) is 3.06. The van der Waals surface area contributed by atoms with E-state index in [9.17, 15) is 19.2 Å². The highest BCUT2D eigenvalue weighted by Crippen LogP contribution is 2.27. The molecule has 0 unspecified atom stereocenters. The lowest BCUT2D eigenvalue weighted by Gasteiger charge is -2.27. The minimum atomic E-state index is -0.786. The predicted molar refractivity (Wildman–Crippen MR) is 134 cm³/mol. The second-order valence-electron chi connectivity index (χ2n) is 9.03. The number of nitrogens with one attached hydrogen (secondary N) is 1. The maximum Gasteiger partial charge on any atom is 0.335 e. The van der Waals surface area contributed by atoms with Gasteiger partial charge in [-0.15, -0.1) is 0 Å². The van der Waals surface area contributed by atoms with Gasteiger partial charge in [-0.3, -0.25) is 19.7 Å². The first kappa shape index (κ1) is 23.5. The van der Waals surface area contributed by atoms with Crippen molar-refractivity contribution in [1.82, 2.24) is 14.8 Å². The fourth-order valence-corrected chi connectivity index (χ4v) is 4.71. The summed E-state index contributed by atoms with van der Waals surface area (Å²) in [5.41, 5.74) is 3.43. The van der Waals surface area contributed by atoms with Crippen LogP contribution in [-0.4, -0.2) is 59.5 Å². The van der Waals surface area contributed by atoms with Crippen molar-refractivity contribution >= 4 is 46.4 Å². The van der Waals surface area contributed by atoms with Crippen LogP contribution >= 0.6 is 0 Å². The molecule has 184 valence electrons. The van der Waals surface area contributed by atoms with Gasteiger partial charge in [0.05, 0.1) is 18.9 Å². The Bertz CT molecular complexity index is 1410. The quantitative estimate of drug-likeness (QED) is 0.452. The highest BCUT2D eigenvalue weighted by Gasteiger charge is 2.37. The number of amides is 5. The molecule has 0 bridgehead atoms. The van der Waals surface area contributed by atoms with E-state index in [1.165, 1.54) is 6.08 Å². The van der Waals surface area contributed by atoms with Gasteiger partial charge < -0.3 is 14.2 Å². The molecule has 2 aliphatic rings. The van der Waals surface area contributed by atoms with Gasteiger partial charge >= 0.3 is 6.03 Å². The summed E-state index contributed by atoms with van der Waals surface area (Å²) in [6, 6.07) is 12.1. The zero-order valence-corrected chi connectivity index (χ0v) is 20.1. The average Bonchev–Trinajstić information content (AvgIpc) is 3.18. The van der Waals surface area contributed by atoms with Gasteiger partial charge in [0, 0.05) is 35.8 Å². The molecule has 2 aromatic carbocycles. The second kappa shape index (κ2) is 9.43. The SMILES string of the molecule is Cc1cc(C)cc(N2C(=O)NC(=O)/C(=C/c3cn(CC(=O)N4CCOCC4)c4ccccc34)C2=O)c1. The van der Waals surface area contributed by atoms with Crippen molar-refractivity contribution in [1.29, 1.82) is 0 Å². The highest BCUT2D eigenvalue weighted by molar-refractivity contribution is 6.39. The molecular weight excluding hydrogens is 460 g/mol. The number of rotatable bonds is 4. The number of imide groups is 2. The molecule has 9 heteroatoms. The van der Waals surface area contributed by atoms with E-state index in [1.54, 1.807) is 23.2 Å². The Hall–Kier alpha value is -4.24. The first-order valence-electron chi connectivity index (χ1n) is 11.7. The van der Waals surface area contributed by atoms with E-state index in [1.807, 2.05) is 48.7 Å². The Labute approximate surface area is 207 Å². The van der Waals surface area contributed by atoms with Crippen LogP contribution in [0.15, 0.2) is 54.2 Å². The molecule has 0 saturated carbocycles. The molecule has 1 N–H and O–H groups in total. The Morgan fingerprint density at radius 2 is 1.72 bits per heavy atom. The monoisotopic (exact) mass is 486 g/mol. The van der Waals surface area contributed by atoms with Crippen molar-refractivity contribution < 1.29 is 23.9 Å². The average molecular weight is 487 g/mol. The number of anilines is 1. The zero-order valence-electron chi connectivity index (χ0n) is 20.1. The van der Waals surface area contributed by atoms with Crippen LogP contribution in [0.1, 0.15) is 16.7 Å². The van der Waals surface area contributed by atoms with Crippen molar-refractivity contribution in [2.75, 3.05) is 31.2 Å². The first-order chi connectivity index (χ1) is 17.3. The highest BCUT2D eigenvalue weighted by atomic mass is 16.5. The Balaban J connectivity index is 1.51. The van der Waals surface area contributed by atoms with E-state index >= 15 is 0 Å². The number of urea groups is 1. The maximum absolute atomic E-state index is 13.4. The number of carbonyl (C=O) groups is 4. The van der Waals surface area contributed by atoms with E-state index < -0.39 is 17.8 Å². The number of hydrogen-bond donors (Lipinski definition) is 1. The lowest BCUT2D eigenvalue weighted by atomic mass is 10.0. The van der Waals surface area contributed by atoms with Crippen molar-refractivity contribution in [2.45, 2.75) is 20.4 Å². The maximum atomic E-state index is 13.4. The number of fused-ring (bicyclic) bond motifs is 1. The third kappa shape index (κ3) is 4.40. The van der Waals surface area contributed by atoms with Gasteiger partial charge in [0.1, 0.15) is 12.1 Å². The molecule has 2 aliphatic heterocycles. The molecule has 0 radical (unpaired) electrons. The number of hydrogen-bond acceptors (Lipinski definition) is 5. The minimum absolute atomic E-state index is 0.0312. The van der Waals surface area contributed by atoms with Crippen LogP contribution < -0.4 is 10.2 Å². The molecule has 5 rings (SSSR count). The fraction of sp³-hybridized carbons (Fsp3) is 0.259. The molecule has 0 aliphatic carbocycles. The summed E-state index contributed by atoms with van der Waals surface area (Å²) in [7, 11) is 0. The van der Waals surface area contributed by atoms with Crippen LogP contribution in [0.5, 0.6) is 0 Å². The standard InChI is InChI=1S/C27H26N4O5/c1-17-11-18(2)13-20(12-17)31-26(34)22(25(33)28-27(31)35)14-19-15-30(23-6-4-3-5-21(19)23)16-24(32)29-7-9-36-10-8-29/h3-6,11-15H,7-10,16H2,1-2H3,(H,28,33,35)/b22-14-. The Morgan fingerprint density at radius 1 is 1.03 bits per heavy atom. The molecule has 2 fully saturated rings. The van der Waals surface area contributed by atoms with E-state index in [2.05, 4.69) is 5.32 Å². The summed E-state index contributed by atoms with van der Waals surface area (Å²) in [6.45, 7) is 6.00. The second-order valence-corrected chi connectivity index (χ2v) is 9.03. The summed E-state index contributed by atoms with van der Waals surface area (Å²) in [6.07, 6.45) is 3.24. The minimum Gasteiger partial charge on any atom is -0.378 e. The summed E-state index contributed by atoms with van der Waals surface area (Å²) in [5.74, 6) is -1.49.